The molecule has 0 aromatic heterocycles. The molecule has 0 heterocycles. The van der Waals surface area contributed by atoms with Gasteiger partial charge in [-0.2, -0.15) is 5.11 Å². The normalized spacial score (nSPS) is 9.09. The fraction of sp³-hybridized carbons (Fsp3) is 0. The van der Waals surface area contributed by atoms with Crippen LogP contribution in [-0.4, -0.2) is 5.91 Å². The number of rotatable bonds is 2. The van der Waals surface area contributed by atoms with E-state index in [2.05, 4.69) is 5.11 Å². The second-order valence-corrected chi connectivity index (χ2v) is 2.02. The molecular formula is C7H7N3O. The number of nitrogens with one attached hydrogen (secondary N) is 1. The summed E-state index contributed by atoms with van der Waals surface area (Å²) in [6, 6.07) is 6.20. The molecule has 0 saturated heterocycles. The van der Waals surface area contributed by atoms with Gasteiger partial charge in [-0.1, -0.05) is 0 Å². The summed E-state index contributed by atoms with van der Waals surface area (Å²) in [6.07, 6.45) is 0. The lowest BCUT2D eigenvalue weighted by Crippen LogP contribution is -2.10. The molecule has 0 spiro atoms. The van der Waals surface area contributed by atoms with E-state index in [-0.39, 0.29) is 0 Å². The number of hydrogen-bond donors (Lipinski definition) is 2. The second kappa shape index (κ2) is 2.92. The number of carbonyl (C=O) groups is 1. The summed E-state index contributed by atoms with van der Waals surface area (Å²) in [6.45, 7) is 0. The molecule has 0 aliphatic heterocycles. The maximum Gasteiger partial charge on any atom is 0.248 e. The van der Waals surface area contributed by atoms with Gasteiger partial charge in [-0.3, -0.25) is 4.79 Å². The lowest BCUT2D eigenvalue weighted by Gasteiger charge is -1.93. The van der Waals surface area contributed by atoms with Crippen LogP contribution in [-0.2, 0) is 0 Å². The Bertz CT molecular complexity index is 278. The highest BCUT2D eigenvalue weighted by molar-refractivity contribution is 5.92. The molecule has 1 aromatic carbocycles. The Balaban J connectivity index is 3.00. The number of benzene rings is 1. The smallest absolute Gasteiger partial charge is 0.248 e. The molecule has 4 heteroatoms. The Morgan fingerprint density at radius 3 is 2.27 bits per heavy atom. The van der Waals surface area contributed by atoms with Crippen LogP contribution in [0.15, 0.2) is 29.4 Å². The van der Waals surface area contributed by atoms with Gasteiger partial charge in [0.05, 0.1) is 5.69 Å². The standard InChI is InChI=1S/C7H7N3O/c8-7(11)5-1-3-6(10-9)4-2-5/h1-4,9H,(H2,8,11). The van der Waals surface area contributed by atoms with Crippen molar-refractivity contribution in [3.63, 3.8) is 0 Å². The van der Waals surface area contributed by atoms with Gasteiger partial charge in [-0.15, -0.1) is 0 Å². The average Bonchev–Trinajstić information content (AvgIpc) is 2.05. The SMILES string of the molecule is N=Nc1ccc(C(N)=O)cc1. The zero-order valence-electron chi connectivity index (χ0n) is 5.74. The van der Waals surface area contributed by atoms with Crippen LogP contribution in [0.3, 0.4) is 0 Å². The number of amides is 1. The van der Waals surface area contributed by atoms with E-state index in [0.717, 1.165) is 0 Å². The molecule has 0 atom stereocenters. The molecule has 0 bridgehead atoms. The first-order valence-corrected chi connectivity index (χ1v) is 3.01. The highest BCUT2D eigenvalue weighted by atomic mass is 16.1. The predicted molar refractivity (Wildman–Crippen MR) is 39.8 cm³/mol. The summed E-state index contributed by atoms with van der Waals surface area (Å²) in [5.74, 6) is -0.471. The van der Waals surface area contributed by atoms with Crippen LogP contribution in [0.1, 0.15) is 10.4 Å². The number of hydrogen-bond acceptors (Lipinski definition) is 3. The third kappa shape index (κ3) is 1.61. The van der Waals surface area contributed by atoms with Gasteiger partial charge in [0.1, 0.15) is 0 Å². The minimum absolute atomic E-state index is 0.428. The molecule has 3 N–H and O–H groups in total. The molecule has 4 nitrogen and oxygen atoms in total. The summed E-state index contributed by atoms with van der Waals surface area (Å²) in [4.78, 5) is 10.5. The van der Waals surface area contributed by atoms with E-state index < -0.39 is 5.91 Å². The van der Waals surface area contributed by atoms with Crippen LogP contribution in [0.4, 0.5) is 5.69 Å². The molecular weight excluding hydrogens is 142 g/mol. The first-order chi connectivity index (χ1) is 5.24. The molecule has 0 fully saturated rings. The van der Waals surface area contributed by atoms with Crippen molar-refractivity contribution in [1.29, 1.82) is 5.53 Å². The molecule has 0 aliphatic carbocycles. The van der Waals surface area contributed by atoms with E-state index >= 15 is 0 Å². The van der Waals surface area contributed by atoms with E-state index in [9.17, 15) is 4.79 Å². The lowest BCUT2D eigenvalue weighted by atomic mass is 10.2. The predicted octanol–water partition coefficient (Wildman–Crippen LogP) is 1.45. The van der Waals surface area contributed by atoms with E-state index in [0.29, 0.717) is 11.3 Å². The topological polar surface area (TPSA) is 79.3 Å². The molecule has 1 aromatic rings. The fourth-order valence-corrected chi connectivity index (χ4v) is 0.700. The first kappa shape index (κ1) is 7.40. The number of nitrogens with zero attached hydrogens (tertiary/aromatic N) is 1. The Hall–Kier alpha value is -1.71. The van der Waals surface area contributed by atoms with Crippen LogP contribution < -0.4 is 5.73 Å². The Labute approximate surface area is 63.5 Å². The van der Waals surface area contributed by atoms with Gasteiger partial charge in [0.2, 0.25) is 5.91 Å². The van der Waals surface area contributed by atoms with Crippen LogP contribution in [0.25, 0.3) is 0 Å². The van der Waals surface area contributed by atoms with Crippen molar-refractivity contribution in [1.82, 2.24) is 0 Å². The van der Waals surface area contributed by atoms with Crippen molar-refractivity contribution < 1.29 is 4.79 Å². The monoisotopic (exact) mass is 149 g/mol. The van der Waals surface area contributed by atoms with Gasteiger partial charge in [-0.05, 0) is 24.3 Å². The first-order valence-electron chi connectivity index (χ1n) is 3.01. The van der Waals surface area contributed by atoms with Gasteiger partial charge in [0.15, 0.2) is 0 Å². The van der Waals surface area contributed by atoms with Crippen molar-refractivity contribution >= 4 is 11.6 Å². The van der Waals surface area contributed by atoms with Crippen molar-refractivity contribution in [2.45, 2.75) is 0 Å². The third-order valence-electron chi connectivity index (χ3n) is 1.28. The van der Waals surface area contributed by atoms with Gasteiger partial charge in [0, 0.05) is 5.56 Å². The summed E-state index contributed by atoms with van der Waals surface area (Å²) in [7, 11) is 0. The highest BCUT2D eigenvalue weighted by Gasteiger charge is 1.97. The average molecular weight is 149 g/mol. The minimum Gasteiger partial charge on any atom is -0.366 e. The van der Waals surface area contributed by atoms with Crippen LogP contribution >= 0.6 is 0 Å². The number of carbonyl (C=O) groups excluding carboxylic acids is 1. The van der Waals surface area contributed by atoms with Gasteiger partial charge >= 0.3 is 0 Å². The Morgan fingerprint density at radius 1 is 1.36 bits per heavy atom. The summed E-state index contributed by atoms with van der Waals surface area (Å²) < 4.78 is 0. The molecule has 11 heavy (non-hydrogen) atoms. The largest absolute Gasteiger partial charge is 0.366 e. The number of primary amides is 1. The lowest BCUT2D eigenvalue weighted by molar-refractivity contribution is 0.100. The molecule has 1 rings (SSSR count). The molecule has 56 valence electrons. The van der Waals surface area contributed by atoms with Gasteiger partial charge < -0.3 is 5.73 Å². The maximum absolute atomic E-state index is 10.5. The zero-order valence-corrected chi connectivity index (χ0v) is 5.74. The van der Waals surface area contributed by atoms with E-state index in [1.165, 1.54) is 12.1 Å². The molecule has 1 amide bonds. The summed E-state index contributed by atoms with van der Waals surface area (Å²) in [5, 5.41) is 3.17. The van der Waals surface area contributed by atoms with Crippen molar-refractivity contribution in [3.8, 4) is 0 Å². The Kier molecular flexibility index (Phi) is 1.96. The van der Waals surface area contributed by atoms with Crippen LogP contribution in [0, 0.1) is 5.53 Å². The fourth-order valence-electron chi connectivity index (χ4n) is 0.700. The quantitative estimate of drug-likeness (QED) is 0.613. The summed E-state index contributed by atoms with van der Waals surface area (Å²) >= 11 is 0. The summed E-state index contributed by atoms with van der Waals surface area (Å²) in [5.41, 5.74) is 12.6. The van der Waals surface area contributed by atoms with E-state index in [4.69, 9.17) is 11.3 Å². The van der Waals surface area contributed by atoms with Crippen molar-refractivity contribution in [2.75, 3.05) is 0 Å². The van der Waals surface area contributed by atoms with Gasteiger partial charge in [-0.25, -0.2) is 5.53 Å². The van der Waals surface area contributed by atoms with Crippen LogP contribution in [0.5, 0.6) is 0 Å². The molecule has 0 radical (unpaired) electrons. The zero-order chi connectivity index (χ0) is 8.27. The van der Waals surface area contributed by atoms with E-state index in [1.54, 1.807) is 12.1 Å². The highest BCUT2D eigenvalue weighted by Crippen LogP contribution is 2.11. The van der Waals surface area contributed by atoms with Gasteiger partial charge in [0.25, 0.3) is 0 Å². The molecule has 0 unspecified atom stereocenters. The molecule has 0 saturated carbocycles. The second-order valence-electron chi connectivity index (χ2n) is 2.02. The third-order valence-corrected chi connectivity index (χ3v) is 1.28. The van der Waals surface area contributed by atoms with Crippen LogP contribution in [0.2, 0.25) is 0 Å². The Morgan fingerprint density at radius 2 is 1.91 bits per heavy atom. The maximum atomic E-state index is 10.5. The van der Waals surface area contributed by atoms with Crippen molar-refractivity contribution in [2.24, 2.45) is 10.8 Å². The van der Waals surface area contributed by atoms with Crippen molar-refractivity contribution in [3.05, 3.63) is 29.8 Å². The van der Waals surface area contributed by atoms with E-state index in [1.807, 2.05) is 0 Å². The molecule has 0 aliphatic rings. The number of nitrogens with two attached hydrogens (primary N) is 1. The minimum atomic E-state index is -0.471.